The standard InChI is InChI=1S/C21H23N7O3/c1-14-10-15(2)27(25-14)20-11-19(22-13-23-20)26-9-5-6-16(12-26)21(29)24-17-7-3-4-8-18(17)28(30)31/h3-4,7-8,10-11,13,16H,5-6,9,12H2,1-2H3,(H,24,29). The number of hydrogen-bond donors (Lipinski definition) is 1. The van der Waals surface area contributed by atoms with Gasteiger partial charge >= 0.3 is 0 Å². The molecule has 1 unspecified atom stereocenters. The van der Waals surface area contributed by atoms with E-state index < -0.39 is 4.92 Å². The van der Waals surface area contributed by atoms with E-state index >= 15 is 0 Å². The molecule has 1 atom stereocenters. The van der Waals surface area contributed by atoms with Crippen molar-refractivity contribution < 1.29 is 9.72 Å². The second-order valence-electron chi connectivity index (χ2n) is 7.62. The number of anilines is 2. The number of rotatable bonds is 5. The summed E-state index contributed by atoms with van der Waals surface area (Å²) in [6.45, 7) is 5.13. The average molecular weight is 421 g/mol. The number of hydrogen-bond acceptors (Lipinski definition) is 7. The summed E-state index contributed by atoms with van der Waals surface area (Å²) in [6.07, 6.45) is 3.02. The van der Waals surface area contributed by atoms with Crippen LogP contribution in [-0.4, -0.2) is 43.7 Å². The molecule has 0 spiro atoms. The van der Waals surface area contributed by atoms with Crippen LogP contribution in [0.4, 0.5) is 17.2 Å². The van der Waals surface area contributed by atoms with Crippen molar-refractivity contribution in [3.8, 4) is 5.82 Å². The molecule has 3 aromatic rings. The van der Waals surface area contributed by atoms with Crippen LogP contribution in [0.5, 0.6) is 0 Å². The van der Waals surface area contributed by atoms with E-state index in [-0.39, 0.29) is 23.2 Å². The third kappa shape index (κ3) is 4.37. The predicted octanol–water partition coefficient (Wildman–Crippen LogP) is 3.04. The molecule has 160 valence electrons. The fraction of sp³-hybridized carbons (Fsp3) is 0.333. The van der Waals surface area contributed by atoms with Crippen LogP contribution in [0.1, 0.15) is 24.2 Å². The third-order valence-corrected chi connectivity index (χ3v) is 5.34. The predicted molar refractivity (Wildman–Crippen MR) is 115 cm³/mol. The van der Waals surface area contributed by atoms with Gasteiger partial charge in [0.25, 0.3) is 5.69 Å². The number of carbonyl (C=O) groups excluding carboxylic acids is 1. The highest BCUT2D eigenvalue weighted by Gasteiger charge is 2.28. The topological polar surface area (TPSA) is 119 Å². The smallest absolute Gasteiger partial charge is 0.292 e. The normalized spacial score (nSPS) is 16.2. The largest absolute Gasteiger partial charge is 0.356 e. The fourth-order valence-electron chi connectivity index (χ4n) is 3.86. The van der Waals surface area contributed by atoms with Crippen LogP contribution in [0.3, 0.4) is 0 Å². The average Bonchev–Trinajstić information content (AvgIpc) is 3.12. The summed E-state index contributed by atoms with van der Waals surface area (Å²) >= 11 is 0. The maximum Gasteiger partial charge on any atom is 0.292 e. The summed E-state index contributed by atoms with van der Waals surface area (Å²) in [5.41, 5.74) is 1.97. The van der Waals surface area contributed by atoms with Crippen LogP contribution >= 0.6 is 0 Å². The summed E-state index contributed by atoms with van der Waals surface area (Å²) in [5, 5.41) is 18.4. The number of nitrogens with zero attached hydrogens (tertiary/aromatic N) is 6. The number of nitro groups is 1. The molecular formula is C21H23N7O3. The number of benzene rings is 1. The molecule has 1 aliphatic rings. The van der Waals surface area contributed by atoms with Crippen LogP contribution in [0, 0.1) is 29.9 Å². The number of para-hydroxylation sites is 2. The van der Waals surface area contributed by atoms with Crippen LogP contribution in [0.25, 0.3) is 5.82 Å². The zero-order valence-electron chi connectivity index (χ0n) is 17.4. The summed E-state index contributed by atoms with van der Waals surface area (Å²) in [5.74, 6) is 0.857. The van der Waals surface area contributed by atoms with Crippen LogP contribution < -0.4 is 10.2 Å². The molecule has 1 N–H and O–H groups in total. The van der Waals surface area contributed by atoms with Crippen molar-refractivity contribution in [2.75, 3.05) is 23.3 Å². The van der Waals surface area contributed by atoms with Gasteiger partial charge in [-0.2, -0.15) is 5.10 Å². The minimum absolute atomic E-state index is 0.117. The Hall–Kier alpha value is -3.82. The highest BCUT2D eigenvalue weighted by atomic mass is 16.6. The van der Waals surface area contributed by atoms with Gasteiger partial charge in [-0.3, -0.25) is 14.9 Å². The Labute approximate surface area is 179 Å². The van der Waals surface area contributed by atoms with Crippen molar-refractivity contribution in [1.29, 1.82) is 0 Å². The maximum atomic E-state index is 12.8. The molecule has 0 aliphatic carbocycles. The lowest BCUT2D eigenvalue weighted by molar-refractivity contribution is -0.383. The van der Waals surface area contributed by atoms with E-state index in [4.69, 9.17) is 0 Å². The van der Waals surface area contributed by atoms with Gasteiger partial charge in [0.15, 0.2) is 5.82 Å². The third-order valence-electron chi connectivity index (χ3n) is 5.34. The molecule has 4 rings (SSSR count). The molecule has 1 aromatic carbocycles. The van der Waals surface area contributed by atoms with E-state index in [1.54, 1.807) is 22.9 Å². The zero-order chi connectivity index (χ0) is 22.0. The van der Waals surface area contributed by atoms with Gasteiger partial charge in [0.05, 0.1) is 16.5 Å². The minimum Gasteiger partial charge on any atom is -0.356 e. The Morgan fingerprint density at radius 1 is 1.19 bits per heavy atom. The van der Waals surface area contributed by atoms with Crippen LogP contribution in [-0.2, 0) is 4.79 Å². The van der Waals surface area contributed by atoms with Gasteiger partial charge in [-0.05, 0) is 38.8 Å². The molecule has 31 heavy (non-hydrogen) atoms. The molecule has 10 heteroatoms. The van der Waals surface area contributed by atoms with Crippen molar-refractivity contribution in [3.05, 3.63) is 64.2 Å². The number of amides is 1. The summed E-state index contributed by atoms with van der Waals surface area (Å²) in [4.78, 5) is 34.3. The Morgan fingerprint density at radius 3 is 2.71 bits per heavy atom. The molecule has 0 bridgehead atoms. The van der Waals surface area contributed by atoms with E-state index in [1.165, 1.54) is 12.4 Å². The number of nitrogens with one attached hydrogen (secondary N) is 1. The van der Waals surface area contributed by atoms with E-state index in [2.05, 4.69) is 20.4 Å². The molecule has 1 amide bonds. The summed E-state index contributed by atoms with van der Waals surface area (Å²) < 4.78 is 1.77. The van der Waals surface area contributed by atoms with E-state index in [0.717, 1.165) is 30.2 Å². The zero-order valence-corrected chi connectivity index (χ0v) is 17.4. The van der Waals surface area contributed by atoms with Crippen molar-refractivity contribution in [3.63, 3.8) is 0 Å². The highest BCUT2D eigenvalue weighted by molar-refractivity contribution is 5.95. The first-order valence-corrected chi connectivity index (χ1v) is 10.1. The minimum atomic E-state index is -0.496. The monoisotopic (exact) mass is 421 g/mol. The SMILES string of the molecule is Cc1cc(C)n(-c2cc(N3CCCC(C(=O)Nc4ccccc4[N+](=O)[O-])C3)ncn2)n1. The lowest BCUT2D eigenvalue weighted by Crippen LogP contribution is -2.41. The molecule has 1 fully saturated rings. The number of aryl methyl sites for hydroxylation is 2. The summed E-state index contributed by atoms with van der Waals surface area (Å²) in [7, 11) is 0. The molecule has 1 aliphatic heterocycles. The van der Waals surface area contributed by atoms with Gasteiger partial charge < -0.3 is 10.2 Å². The van der Waals surface area contributed by atoms with Gasteiger partial charge in [0, 0.05) is 30.9 Å². The quantitative estimate of drug-likeness (QED) is 0.497. The Kier molecular flexibility index (Phi) is 5.61. The Bertz CT molecular complexity index is 1130. The van der Waals surface area contributed by atoms with E-state index in [9.17, 15) is 14.9 Å². The van der Waals surface area contributed by atoms with Gasteiger partial charge in [0.2, 0.25) is 5.91 Å². The molecule has 0 radical (unpaired) electrons. The highest BCUT2D eigenvalue weighted by Crippen LogP contribution is 2.27. The number of nitro benzene ring substituents is 1. The van der Waals surface area contributed by atoms with Crippen molar-refractivity contribution in [2.24, 2.45) is 5.92 Å². The lowest BCUT2D eigenvalue weighted by Gasteiger charge is -2.32. The van der Waals surface area contributed by atoms with Crippen molar-refractivity contribution in [2.45, 2.75) is 26.7 Å². The first-order valence-electron chi connectivity index (χ1n) is 10.1. The second-order valence-corrected chi connectivity index (χ2v) is 7.62. The second kappa shape index (κ2) is 8.50. The maximum absolute atomic E-state index is 12.8. The number of piperidine rings is 1. The number of carbonyl (C=O) groups is 1. The summed E-state index contributed by atoms with van der Waals surface area (Å²) in [6, 6.07) is 10.0. The Morgan fingerprint density at radius 2 is 1.97 bits per heavy atom. The lowest BCUT2D eigenvalue weighted by atomic mass is 9.97. The fourth-order valence-corrected chi connectivity index (χ4v) is 3.86. The first-order chi connectivity index (χ1) is 14.9. The molecular weight excluding hydrogens is 398 g/mol. The van der Waals surface area contributed by atoms with Crippen LogP contribution in [0.2, 0.25) is 0 Å². The molecule has 10 nitrogen and oxygen atoms in total. The van der Waals surface area contributed by atoms with Gasteiger partial charge in [-0.15, -0.1) is 0 Å². The Balaban J connectivity index is 1.50. The molecule has 2 aromatic heterocycles. The van der Waals surface area contributed by atoms with Gasteiger partial charge in [-0.25, -0.2) is 14.6 Å². The van der Waals surface area contributed by atoms with E-state index in [1.807, 2.05) is 30.9 Å². The van der Waals surface area contributed by atoms with E-state index in [0.29, 0.717) is 18.8 Å². The molecule has 3 heterocycles. The van der Waals surface area contributed by atoms with Gasteiger partial charge in [0.1, 0.15) is 17.8 Å². The van der Waals surface area contributed by atoms with Gasteiger partial charge in [-0.1, -0.05) is 12.1 Å². The first kappa shape index (κ1) is 20.5. The molecule has 0 saturated carbocycles. The number of aromatic nitrogens is 4. The van der Waals surface area contributed by atoms with Crippen molar-refractivity contribution >= 4 is 23.1 Å². The molecule has 1 saturated heterocycles. The van der Waals surface area contributed by atoms with Crippen molar-refractivity contribution in [1.82, 2.24) is 19.7 Å². The van der Waals surface area contributed by atoms with Crippen LogP contribution in [0.15, 0.2) is 42.7 Å².